The van der Waals surface area contributed by atoms with E-state index in [0.29, 0.717) is 6.61 Å². The van der Waals surface area contributed by atoms with Crippen LogP contribution in [0.15, 0.2) is 24.3 Å². The Hall–Kier alpha value is 0.141. The molecule has 3 nitrogen and oxygen atoms in total. The largest absolute Gasteiger partial charge is 1.00 e. The van der Waals surface area contributed by atoms with Crippen LogP contribution < -0.4 is 62.2 Å². The fourth-order valence-corrected chi connectivity index (χ4v) is 1.25. The Balaban J connectivity index is 0.00000289. The first-order valence-electron chi connectivity index (χ1n) is 5.02. The first-order chi connectivity index (χ1) is 7.95. The van der Waals surface area contributed by atoms with E-state index in [1.165, 1.54) is 19.2 Å². The maximum atomic E-state index is 12.4. The number of rotatable bonds is 5. The molecule has 1 aromatic rings. The van der Waals surface area contributed by atoms with Gasteiger partial charge in [-0.1, -0.05) is 18.2 Å². The molecule has 0 aliphatic heterocycles. The minimum atomic E-state index is -5.08. The molecule has 18 heavy (non-hydrogen) atoms. The van der Waals surface area contributed by atoms with Crippen LogP contribution in [0.2, 0.25) is 0 Å². The number of ether oxygens (including phenoxy) is 1. The van der Waals surface area contributed by atoms with Crippen molar-refractivity contribution < 1.29 is 73.9 Å². The molecule has 8 heteroatoms. The molecule has 0 aromatic heterocycles. The summed E-state index contributed by atoms with van der Waals surface area (Å²) in [6, 6.07) is 4.36. The zero-order valence-electron chi connectivity index (χ0n) is 10.3. The molecule has 0 unspecified atom stereocenters. The Bertz CT molecular complexity index is 401. The molecule has 0 spiro atoms. The van der Waals surface area contributed by atoms with Gasteiger partial charge in [0.1, 0.15) is 0 Å². The van der Waals surface area contributed by atoms with Crippen molar-refractivity contribution in [1.29, 1.82) is 0 Å². The van der Waals surface area contributed by atoms with Crippen molar-refractivity contribution in [2.24, 2.45) is 0 Å². The van der Waals surface area contributed by atoms with E-state index in [1.54, 1.807) is 0 Å². The first kappa shape index (κ1) is 18.1. The standard InChI is InChI=1S/C10H12BF3NO2.K/c1-17-6-5-15-10(16)8-3-2-4-9(7-8)11(12,13)14;/h2-4,7H,5-6H2,1H3,(H,15,16);/q-1;+1. The molecule has 0 bridgehead atoms. The van der Waals surface area contributed by atoms with E-state index in [-0.39, 0.29) is 63.5 Å². The van der Waals surface area contributed by atoms with E-state index in [1.807, 2.05) is 0 Å². The van der Waals surface area contributed by atoms with E-state index in [4.69, 9.17) is 4.74 Å². The van der Waals surface area contributed by atoms with Crippen LogP contribution in [0.3, 0.4) is 0 Å². The van der Waals surface area contributed by atoms with Gasteiger partial charge in [-0.05, 0) is 6.07 Å². The molecule has 0 aliphatic rings. The first-order valence-corrected chi connectivity index (χ1v) is 5.02. The number of hydrogen-bond donors (Lipinski definition) is 1. The number of halogens is 3. The van der Waals surface area contributed by atoms with E-state index in [9.17, 15) is 17.7 Å². The van der Waals surface area contributed by atoms with Crippen LogP contribution in [0, 0.1) is 0 Å². The predicted octanol–water partition coefficient (Wildman–Crippen LogP) is -1.88. The maximum absolute atomic E-state index is 12.4. The van der Waals surface area contributed by atoms with Crippen molar-refractivity contribution in [3.8, 4) is 0 Å². The number of carbonyl (C=O) groups excluding carboxylic acids is 1. The van der Waals surface area contributed by atoms with E-state index in [2.05, 4.69) is 5.32 Å². The molecule has 1 amide bonds. The van der Waals surface area contributed by atoms with Crippen LogP contribution in [0.1, 0.15) is 10.4 Å². The molecule has 1 aromatic carbocycles. The van der Waals surface area contributed by atoms with Gasteiger partial charge in [-0.15, -0.1) is 5.46 Å². The van der Waals surface area contributed by atoms with E-state index < -0.39 is 18.3 Å². The molecular formula is C10H12BF3KNO2. The topological polar surface area (TPSA) is 38.3 Å². The van der Waals surface area contributed by atoms with Crippen LogP contribution >= 0.6 is 0 Å². The third kappa shape index (κ3) is 5.85. The molecule has 0 atom stereocenters. The van der Waals surface area contributed by atoms with Gasteiger partial charge < -0.3 is 23.0 Å². The number of methoxy groups -OCH3 is 1. The summed E-state index contributed by atoms with van der Waals surface area (Å²) in [6.07, 6.45) is 0. The molecule has 1 rings (SSSR count). The zero-order valence-corrected chi connectivity index (χ0v) is 13.4. The predicted molar refractivity (Wildman–Crippen MR) is 59.4 cm³/mol. The SMILES string of the molecule is COCCNC(=O)c1cccc([B-](F)(F)F)c1.[K+]. The summed E-state index contributed by atoms with van der Waals surface area (Å²) in [5.41, 5.74) is -0.776. The van der Waals surface area contributed by atoms with Crippen LogP contribution in [-0.2, 0) is 4.74 Å². The van der Waals surface area contributed by atoms with Gasteiger partial charge in [0.2, 0.25) is 0 Å². The molecule has 0 saturated carbocycles. The monoisotopic (exact) mass is 285 g/mol. The van der Waals surface area contributed by atoms with Crippen molar-refractivity contribution in [2.45, 2.75) is 0 Å². The average molecular weight is 285 g/mol. The van der Waals surface area contributed by atoms with Crippen molar-refractivity contribution in [2.75, 3.05) is 20.3 Å². The van der Waals surface area contributed by atoms with Gasteiger partial charge in [0.15, 0.2) is 0 Å². The second kappa shape index (κ2) is 8.34. The summed E-state index contributed by atoms with van der Waals surface area (Å²) >= 11 is 0. The van der Waals surface area contributed by atoms with E-state index in [0.717, 1.165) is 12.1 Å². The second-order valence-corrected chi connectivity index (χ2v) is 3.45. The zero-order chi connectivity index (χ0) is 12.9. The Morgan fingerprint density at radius 3 is 2.61 bits per heavy atom. The summed E-state index contributed by atoms with van der Waals surface area (Å²) in [4.78, 5) is 11.5. The Morgan fingerprint density at radius 1 is 1.39 bits per heavy atom. The van der Waals surface area contributed by atoms with Gasteiger partial charge in [-0.2, -0.15) is 0 Å². The fourth-order valence-electron chi connectivity index (χ4n) is 1.25. The van der Waals surface area contributed by atoms with Gasteiger partial charge >= 0.3 is 58.4 Å². The minimum absolute atomic E-state index is 0. The third-order valence-corrected chi connectivity index (χ3v) is 2.12. The van der Waals surface area contributed by atoms with Crippen LogP contribution in [0.25, 0.3) is 0 Å². The normalized spacial score (nSPS) is 10.7. The number of nitrogens with one attached hydrogen (secondary N) is 1. The summed E-state index contributed by atoms with van der Waals surface area (Å²) < 4.78 is 42.1. The van der Waals surface area contributed by atoms with Gasteiger partial charge in [0, 0.05) is 19.2 Å². The molecular weight excluding hydrogens is 273 g/mol. The Labute approximate surface area is 146 Å². The van der Waals surface area contributed by atoms with Gasteiger partial charge in [-0.3, -0.25) is 4.79 Å². The Kier molecular flexibility index (Phi) is 8.41. The van der Waals surface area contributed by atoms with Crippen molar-refractivity contribution >= 4 is 18.3 Å². The minimum Gasteiger partial charge on any atom is -0.445 e. The molecule has 1 N–H and O–H groups in total. The molecule has 94 valence electrons. The van der Waals surface area contributed by atoms with E-state index >= 15 is 0 Å². The molecule has 0 aliphatic carbocycles. The quantitative estimate of drug-likeness (QED) is 0.508. The van der Waals surface area contributed by atoms with Gasteiger partial charge in [0.25, 0.3) is 5.91 Å². The van der Waals surface area contributed by atoms with Crippen LogP contribution in [0.4, 0.5) is 12.9 Å². The smallest absolute Gasteiger partial charge is 0.445 e. The summed E-state index contributed by atoms with van der Waals surface area (Å²) in [5, 5.41) is 2.45. The van der Waals surface area contributed by atoms with Gasteiger partial charge in [0.05, 0.1) is 6.61 Å². The summed E-state index contributed by atoms with van der Waals surface area (Å²) in [5.74, 6) is -0.538. The van der Waals surface area contributed by atoms with Gasteiger partial charge in [-0.25, -0.2) is 0 Å². The number of benzene rings is 1. The van der Waals surface area contributed by atoms with Crippen LogP contribution in [0.5, 0.6) is 0 Å². The molecule has 0 fully saturated rings. The number of amides is 1. The average Bonchev–Trinajstić information content (AvgIpc) is 2.28. The fraction of sp³-hybridized carbons (Fsp3) is 0.300. The third-order valence-electron chi connectivity index (χ3n) is 2.12. The maximum Gasteiger partial charge on any atom is 1.00 e. The Morgan fingerprint density at radius 2 is 2.06 bits per heavy atom. The number of hydrogen-bond acceptors (Lipinski definition) is 2. The summed E-state index contributed by atoms with van der Waals surface area (Å²) in [7, 11) is 1.47. The van der Waals surface area contributed by atoms with Crippen molar-refractivity contribution in [3.05, 3.63) is 29.8 Å². The second-order valence-electron chi connectivity index (χ2n) is 3.45. The molecule has 0 saturated heterocycles. The van der Waals surface area contributed by atoms with Crippen molar-refractivity contribution in [3.63, 3.8) is 0 Å². The number of carbonyl (C=O) groups is 1. The molecule has 0 heterocycles. The summed E-state index contributed by atoms with van der Waals surface area (Å²) in [6.45, 7) is -4.50. The molecule has 0 radical (unpaired) electrons. The van der Waals surface area contributed by atoms with Crippen molar-refractivity contribution in [1.82, 2.24) is 5.32 Å². The van der Waals surface area contributed by atoms with Crippen LogP contribution in [-0.4, -0.2) is 33.1 Å².